The molecule has 0 unspecified atom stereocenters. The van der Waals surface area contributed by atoms with Gasteiger partial charge in [-0.15, -0.1) is 0 Å². The molecular formula is C12H20N2O4. The minimum atomic E-state index is -1.04. The lowest BCUT2D eigenvalue weighted by molar-refractivity contribution is -0.138. The quantitative estimate of drug-likeness (QED) is 0.747. The summed E-state index contributed by atoms with van der Waals surface area (Å²) in [5, 5.41) is 10.7. The molecule has 0 aromatic heterocycles. The van der Waals surface area contributed by atoms with E-state index in [9.17, 15) is 14.4 Å². The Hall–Kier alpha value is -1.59. The van der Waals surface area contributed by atoms with Gasteiger partial charge in [-0.05, 0) is 25.7 Å². The third kappa shape index (κ3) is 4.73. The van der Waals surface area contributed by atoms with Crippen molar-refractivity contribution in [1.29, 1.82) is 0 Å². The van der Waals surface area contributed by atoms with E-state index in [1.807, 2.05) is 6.92 Å². The number of nitrogens with zero attached hydrogens (tertiary/aromatic N) is 1. The first-order valence-electron chi connectivity index (χ1n) is 6.33. The minimum absolute atomic E-state index is 0.165. The van der Waals surface area contributed by atoms with E-state index < -0.39 is 17.9 Å². The van der Waals surface area contributed by atoms with Gasteiger partial charge < -0.3 is 10.0 Å². The van der Waals surface area contributed by atoms with Crippen LogP contribution in [0.2, 0.25) is 0 Å². The van der Waals surface area contributed by atoms with Crippen molar-refractivity contribution < 1.29 is 19.5 Å². The molecule has 2 N–H and O–H groups in total. The van der Waals surface area contributed by atoms with E-state index in [0.717, 1.165) is 12.8 Å². The van der Waals surface area contributed by atoms with Crippen LogP contribution in [0.15, 0.2) is 0 Å². The predicted octanol–water partition coefficient (Wildman–Crippen LogP) is 1.21. The molecule has 1 aliphatic carbocycles. The van der Waals surface area contributed by atoms with Crippen LogP contribution in [0.1, 0.15) is 39.0 Å². The summed E-state index contributed by atoms with van der Waals surface area (Å²) in [6, 6.07) is -0.417. The van der Waals surface area contributed by atoms with Crippen molar-refractivity contribution >= 4 is 17.9 Å². The van der Waals surface area contributed by atoms with E-state index in [1.54, 1.807) is 4.90 Å². The fourth-order valence-electron chi connectivity index (χ4n) is 1.82. The molecule has 0 saturated heterocycles. The average molecular weight is 256 g/mol. The maximum Gasteiger partial charge on any atom is 0.324 e. The largest absolute Gasteiger partial charge is 0.481 e. The van der Waals surface area contributed by atoms with Gasteiger partial charge in [0.25, 0.3) is 0 Å². The summed E-state index contributed by atoms with van der Waals surface area (Å²) < 4.78 is 0. The summed E-state index contributed by atoms with van der Waals surface area (Å²) in [5.41, 5.74) is 0. The van der Waals surface area contributed by atoms with Gasteiger partial charge in [0.15, 0.2) is 0 Å². The van der Waals surface area contributed by atoms with Gasteiger partial charge in [0.05, 0.1) is 6.42 Å². The van der Waals surface area contributed by atoms with Crippen LogP contribution < -0.4 is 5.32 Å². The molecule has 3 amide bonds. The van der Waals surface area contributed by atoms with Crippen LogP contribution in [0.3, 0.4) is 0 Å². The summed E-state index contributed by atoms with van der Waals surface area (Å²) >= 11 is 0. The zero-order chi connectivity index (χ0) is 13.5. The number of aliphatic carboxylic acids is 1. The Kier molecular flexibility index (Phi) is 5.61. The Bertz CT molecular complexity index is 326. The molecule has 18 heavy (non-hydrogen) atoms. The van der Waals surface area contributed by atoms with Gasteiger partial charge in [0, 0.05) is 19.5 Å². The number of carbonyl (C=O) groups is 3. The SMILES string of the molecule is CCN(CC1CCC1)C(=O)NC(=O)CCC(=O)O. The number of imide groups is 1. The standard InChI is InChI=1S/C12H20N2O4/c1-2-14(8-9-4-3-5-9)12(18)13-10(15)6-7-11(16)17/h9H,2-8H2,1H3,(H,16,17)(H,13,15,18). The van der Waals surface area contributed by atoms with Gasteiger partial charge in [-0.2, -0.15) is 0 Å². The Morgan fingerprint density at radius 2 is 1.94 bits per heavy atom. The van der Waals surface area contributed by atoms with Gasteiger partial charge in [-0.1, -0.05) is 6.42 Å². The predicted molar refractivity (Wildman–Crippen MR) is 65.0 cm³/mol. The minimum Gasteiger partial charge on any atom is -0.481 e. The third-order valence-electron chi connectivity index (χ3n) is 3.18. The van der Waals surface area contributed by atoms with Gasteiger partial charge in [0.2, 0.25) is 5.91 Å². The van der Waals surface area contributed by atoms with Gasteiger partial charge in [0.1, 0.15) is 0 Å². The zero-order valence-corrected chi connectivity index (χ0v) is 10.6. The molecule has 0 aromatic rings. The Morgan fingerprint density at radius 1 is 1.28 bits per heavy atom. The molecule has 102 valence electrons. The first kappa shape index (κ1) is 14.5. The van der Waals surface area contributed by atoms with Crippen LogP contribution in [0.25, 0.3) is 0 Å². The molecule has 0 heterocycles. The molecule has 0 bridgehead atoms. The maximum absolute atomic E-state index is 11.8. The Labute approximate surface area is 106 Å². The number of carboxylic acids is 1. The Balaban J connectivity index is 2.31. The monoisotopic (exact) mass is 256 g/mol. The molecule has 1 aliphatic rings. The molecule has 6 heteroatoms. The number of nitrogens with one attached hydrogen (secondary N) is 1. The number of rotatable bonds is 6. The van der Waals surface area contributed by atoms with E-state index in [1.165, 1.54) is 6.42 Å². The first-order valence-corrected chi connectivity index (χ1v) is 6.33. The fraction of sp³-hybridized carbons (Fsp3) is 0.750. The van der Waals surface area contributed by atoms with Crippen molar-refractivity contribution in [2.24, 2.45) is 5.92 Å². The van der Waals surface area contributed by atoms with Crippen LogP contribution in [0, 0.1) is 5.92 Å². The fourth-order valence-corrected chi connectivity index (χ4v) is 1.82. The smallest absolute Gasteiger partial charge is 0.324 e. The van der Waals surface area contributed by atoms with Crippen molar-refractivity contribution in [1.82, 2.24) is 10.2 Å². The summed E-state index contributed by atoms with van der Waals surface area (Å²) in [7, 11) is 0. The molecular weight excluding hydrogens is 236 g/mol. The highest BCUT2D eigenvalue weighted by atomic mass is 16.4. The van der Waals surface area contributed by atoms with Crippen molar-refractivity contribution in [3.63, 3.8) is 0 Å². The number of amides is 3. The topological polar surface area (TPSA) is 86.7 Å². The van der Waals surface area contributed by atoms with Crippen LogP contribution in [-0.2, 0) is 9.59 Å². The first-order chi connectivity index (χ1) is 8.52. The van der Waals surface area contributed by atoms with Gasteiger partial charge in [-0.25, -0.2) is 4.79 Å². The number of hydrogen-bond donors (Lipinski definition) is 2. The zero-order valence-electron chi connectivity index (χ0n) is 10.6. The highest BCUT2D eigenvalue weighted by Crippen LogP contribution is 2.26. The number of carbonyl (C=O) groups excluding carboxylic acids is 2. The van der Waals surface area contributed by atoms with Crippen LogP contribution >= 0.6 is 0 Å². The third-order valence-corrected chi connectivity index (χ3v) is 3.18. The molecule has 0 spiro atoms. The molecule has 1 saturated carbocycles. The molecule has 0 atom stereocenters. The Morgan fingerprint density at radius 3 is 2.39 bits per heavy atom. The molecule has 0 radical (unpaired) electrons. The van der Waals surface area contributed by atoms with Crippen LogP contribution in [0.4, 0.5) is 4.79 Å². The van der Waals surface area contributed by atoms with Crippen LogP contribution in [0.5, 0.6) is 0 Å². The van der Waals surface area contributed by atoms with Crippen molar-refractivity contribution in [2.75, 3.05) is 13.1 Å². The molecule has 6 nitrogen and oxygen atoms in total. The van der Waals surface area contributed by atoms with Crippen molar-refractivity contribution in [3.05, 3.63) is 0 Å². The lowest BCUT2D eigenvalue weighted by Crippen LogP contribution is -2.45. The molecule has 0 aromatic carbocycles. The number of urea groups is 1. The van der Waals surface area contributed by atoms with Gasteiger partial charge in [-0.3, -0.25) is 14.9 Å². The van der Waals surface area contributed by atoms with Crippen molar-refractivity contribution in [3.8, 4) is 0 Å². The summed E-state index contributed by atoms with van der Waals surface area (Å²) in [4.78, 5) is 35.0. The molecule has 0 aliphatic heterocycles. The molecule has 1 rings (SSSR count). The summed E-state index contributed by atoms with van der Waals surface area (Å²) in [6.45, 7) is 3.09. The lowest BCUT2D eigenvalue weighted by atomic mass is 9.85. The highest BCUT2D eigenvalue weighted by Gasteiger charge is 2.23. The van der Waals surface area contributed by atoms with Gasteiger partial charge >= 0.3 is 12.0 Å². The van der Waals surface area contributed by atoms with Crippen LogP contribution in [-0.4, -0.2) is 41.0 Å². The number of carboxylic acid groups (broad SMARTS) is 1. The van der Waals surface area contributed by atoms with E-state index in [-0.39, 0.29) is 12.8 Å². The van der Waals surface area contributed by atoms with E-state index in [0.29, 0.717) is 19.0 Å². The second-order valence-corrected chi connectivity index (χ2v) is 4.58. The van der Waals surface area contributed by atoms with E-state index in [4.69, 9.17) is 5.11 Å². The normalized spacial score (nSPS) is 14.7. The second kappa shape index (κ2) is 6.98. The summed E-state index contributed by atoms with van der Waals surface area (Å²) in [6.07, 6.45) is 3.06. The second-order valence-electron chi connectivity index (χ2n) is 4.58. The van der Waals surface area contributed by atoms with E-state index >= 15 is 0 Å². The number of hydrogen-bond acceptors (Lipinski definition) is 3. The lowest BCUT2D eigenvalue weighted by Gasteiger charge is -2.31. The maximum atomic E-state index is 11.8. The summed E-state index contributed by atoms with van der Waals surface area (Å²) in [5.74, 6) is -1.03. The highest BCUT2D eigenvalue weighted by molar-refractivity contribution is 5.95. The average Bonchev–Trinajstić information content (AvgIpc) is 2.25. The molecule has 1 fully saturated rings. The van der Waals surface area contributed by atoms with Crippen molar-refractivity contribution in [2.45, 2.75) is 39.0 Å². The van der Waals surface area contributed by atoms with E-state index in [2.05, 4.69) is 5.32 Å².